The van der Waals surface area contributed by atoms with Gasteiger partial charge in [0.1, 0.15) is 11.3 Å². The summed E-state index contributed by atoms with van der Waals surface area (Å²) >= 11 is 0. The molecular formula is C9H16N4O2. The summed E-state index contributed by atoms with van der Waals surface area (Å²) in [7, 11) is 0. The Morgan fingerprint density at radius 1 is 1.80 bits per heavy atom. The van der Waals surface area contributed by atoms with Crippen LogP contribution in [0.1, 0.15) is 32.0 Å². The molecule has 6 nitrogen and oxygen atoms in total. The summed E-state index contributed by atoms with van der Waals surface area (Å²) in [4.78, 5) is 5.03. The molecule has 84 valence electrons. The second-order valence-corrected chi connectivity index (χ2v) is 4.02. The highest BCUT2D eigenvalue weighted by Crippen LogP contribution is 2.22. The summed E-state index contributed by atoms with van der Waals surface area (Å²) in [6.45, 7) is 4.96. The minimum Gasteiger partial charge on any atom is -0.384 e. The highest BCUT2D eigenvalue weighted by Gasteiger charge is 2.26. The van der Waals surface area contributed by atoms with Gasteiger partial charge in [0.2, 0.25) is 0 Å². The maximum atomic E-state index is 9.99. The molecule has 0 amide bonds. The maximum Gasteiger partial charge on any atom is 0.114 e. The molecule has 0 spiro atoms. The zero-order valence-corrected chi connectivity index (χ0v) is 8.97. The molecule has 1 fully saturated rings. The van der Waals surface area contributed by atoms with Gasteiger partial charge in [-0.15, -0.1) is 5.10 Å². The van der Waals surface area contributed by atoms with Crippen LogP contribution >= 0.6 is 0 Å². The fourth-order valence-corrected chi connectivity index (χ4v) is 1.42. The molecule has 1 saturated heterocycles. The quantitative estimate of drug-likeness (QED) is 0.736. The van der Waals surface area contributed by atoms with Gasteiger partial charge in [-0.25, -0.2) is 10.2 Å². The first kappa shape index (κ1) is 10.5. The van der Waals surface area contributed by atoms with Crippen LogP contribution in [0.3, 0.4) is 0 Å². The van der Waals surface area contributed by atoms with Crippen molar-refractivity contribution >= 4 is 0 Å². The molecule has 0 bridgehead atoms. The first-order chi connectivity index (χ1) is 7.13. The molecule has 0 radical (unpaired) electrons. The third kappa shape index (κ3) is 2.01. The average Bonchev–Trinajstić information content (AvgIpc) is 2.88. The van der Waals surface area contributed by atoms with Gasteiger partial charge in [-0.1, -0.05) is 12.1 Å². The van der Waals surface area contributed by atoms with Crippen LogP contribution in [0.2, 0.25) is 0 Å². The molecule has 2 N–H and O–H groups in total. The Kier molecular flexibility index (Phi) is 2.72. The number of aliphatic hydroxyl groups is 1. The van der Waals surface area contributed by atoms with Crippen molar-refractivity contribution in [2.75, 3.05) is 13.2 Å². The Bertz CT molecular complexity index is 331. The minimum atomic E-state index is -0.898. The summed E-state index contributed by atoms with van der Waals surface area (Å²) in [6, 6.07) is 0.166. The molecule has 2 atom stereocenters. The average molecular weight is 212 g/mol. The third-order valence-electron chi connectivity index (χ3n) is 2.82. The van der Waals surface area contributed by atoms with Gasteiger partial charge in [0.25, 0.3) is 0 Å². The first-order valence-electron chi connectivity index (χ1n) is 5.13. The van der Waals surface area contributed by atoms with Crippen molar-refractivity contribution in [3.8, 4) is 0 Å². The van der Waals surface area contributed by atoms with E-state index in [-0.39, 0.29) is 6.04 Å². The van der Waals surface area contributed by atoms with Crippen LogP contribution in [0.25, 0.3) is 0 Å². The molecule has 2 heterocycles. The molecule has 15 heavy (non-hydrogen) atoms. The van der Waals surface area contributed by atoms with Crippen molar-refractivity contribution in [3.05, 3.63) is 11.9 Å². The third-order valence-corrected chi connectivity index (χ3v) is 2.82. The first-order valence-corrected chi connectivity index (χ1v) is 5.13. The number of nitrogens with zero attached hydrogens (tertiary/aromatic N) is 3. The number of hydrogen-bond acceptors (Lipinski definition) is 5. The predicted octanol–water partition coefficient (Wildman–Crippen LogP) is -0.0285. The van der Waals surface area contributed by atoms with E-state index in [0.29, 0.717) is 18.7 Å². The van der Waals surface area contributed by atoms with E-state index in [4.69, 9.17) is 4.84 Å². The van der Waals surface area contributed by atoms with Gasteiger partial charge in [0.15, 0.2) is 0 Å². The molecule has 1 aliphatic rings. The zero-order valence-electron chi connectivity index (χ0n) is 8.97. The Morgan fingerprint density at radius 3 is 3.20 bits per heavy atom. The molecular weight excluding hydrogens is 196 g/mol. The molecule has 2 rings (SSSR count). The maximum absolute atomic E-state index is 9.99. The molecule has 2 unspecified atom stereocenters. The summed E-state index contributed by atoms with van der Waals surface area (Å²) in [6.07, 6.45) is 2.40. The van der Waals surface area contributed by atoms with Gasteiger partial charge in [-0.3, -0.25) is 4.84 Å². The predicted molar refractivity (Wildman–Crippen MR) is 52.9 cm³/mol. The molecule has 1 aromatic rings. The Labute approximate surface area is 88.2 Å². The van der Waals surface area contributed by atoms with E-state index in [1.165, 1.54) is 0 Å². The molecule has 1 aliphatic heterocycles. The van der Waals surface area contributed by atoms with Crippen molar-refractivity contribution in [1.29, 1.82) is 0 Å². The fraction of sp³-hybridized carbons (Fsp3) is 0.778. The molecule has 0 saturated carbocycles. The van der Waals surface area contributed by atoms with E-state index in [2.05, 4.69) is 15.8 Å². The van der Waals surface area contributed by atoms with Crippen LogP contribution in [0.4, 0.5) is 0 Å². The summed E-state index contributed by atoms with van der Waals surface area (Å²) in [5.74, 6) is 0. The number of hydrogen-bond donors (Lipinski definition) is 2. The van der Waals surface area contributed by atoms with Crippen LogP contribution in [0.15, 0.2) is 6.20 Å². The van der Waals surface area contributed by atoms with Crippen LogP contribution < -0.4 is 5.48 Å². The lowest BCUT2D eigenvalue weighted by molar-refractivity contribution is 0.0484. The van der Waals surface area contributed by atoms with Crippen molar-refractivity contribution in [1.82, 2.24) is 20.5 Å². The second kappa shape index (κ2) is 3.88. The largest absolute Gasteiger partial charge is 0.384 e. The van der Waals surface area contributed by atoms with Crippen molar-refractivity contribution in [2.45, 2.75) is 31.9 Å². The van der Waals surface area contributed by atoms with Crippen LogP contribution in [-0.4, -0.2) is 33.3 Å². The van der Waals surface area contributed by atoms with Crippen LogP contribution in [0, 0.1) is 0 Å². The van der Waals surface area contributed by atoms with Crippen molar-refractivity contribution in [3.63, 3.8) is 0 Å². The van der Waals surface area contributed by atoms with E-state index in [1.807, 2.05) is 6.92 Å². The molecule has 1 aromatic heterocycles. The Morgan fingerprint density at radius 2 is 2.60 bits per heavy atom. The number of rotatable bonds is 3. The topological polar surface area (TPSA) is 72.2 Å². The van der Waals surface area contributed by atoms with E-state index in [9.17, 15) is 5.11 Å². The SMILES string of the molecule is CCC(C)(O)c1cn(C2CNOC2)nn1. The van der Waals surface area contributed by atoms with Crippen molar-refractivity contribution < 1.29 is 9.94 Å². The minimum absolute atomic E-state index is 0.166. The Balaban J connectivity index is 2.16. The highest BCUT2D eigenvalue weighted by atomic mass is 16.7. The molecule has 0 aromatic carbocycles. The van der Waals surface area contributed by atoms with Crippen LogP contribution in [-0.2, 0) is 10.4 Å². The van der Waals surface area contributed by atoms with Gasteiger partial charge >= 0.3 is 0 Å². The van der Waals surface area contributed by atoms with Crippen LogP contribution in [0.5, 0.6) is 0 Å². The zero-order chi connectivity index (χ0) is 10.9. The number of nitrogens with one attached hydrogen (secondary N) is 1. The normalized spacial score (nSPS) is 25.4. The van der Waals surface area contributed by atoms with Gasteiger partial charge in [0, 0.05) is 6.54 Å². The monoisotopic (exact) mass is 212 g/mol. The Hall–Kier alpha value is -0.980. The summed E-state index contributed by atoms with van der Waals surface area (Å²) < 4.78 is 1.74. The number of aromatic nitrogens is 3. The lowest BCUT2D eigenvalue weighted by atomic mass is 10.0. The molecule has 0 aliphatic carbocycles. The van der Waals surface area contributed by atoms with E-state index < -0.39 is 5.60 Å². The molecule has 6 heteroatoms. The van der Waals surface area contributed by atoms with Gasteiger partial charge in [0.05, 0.1) is 18.8 Å². The van der Waals surface area contributed by atoms with Gasteiger partial charge in [-0.2, -0.15) is 0 Å². The summed E-state index contributed by atoms with van der Waals surface area (Å²) in [5, 5.41) is 18.0. The fourth-order valence-electron chi connectivity index (χ4n) is 1.42. The smallest absolute Gasteiger partial charge is 0.114 e. The second-order valence-electron chi connectivity index (χ2n) is 4.02. The highest BCUT2D eigenvalue weighted by molar-refractivity contribution is 5.05. The summed E-state index contributed by atoms with van der Waals surface area (Å²) in [5.41, 5.74) is 2.49. The van der Waals surface area contributed by atoms with E-state index in [1.54, 1.807) is 17.8 Å². The van der Waals surface area contributed by atoms with Gasteiger partial charge in [-0.05, 0) is 13.3 Å². The van der Waals surface area contributed by atoms with Gasteiger partial charge < -0.3 is 5.11 Å². The van der Waals surface area contributed by atoms with Crippen molar-refractivity contribution in [2.24, 2.45) is 0 Å². The number of hydroxylamine groups is 1. The lowest BCUT2D eigenvalue weighted by Crippen LogP contribution is -2.20. The standard InChI is InChI=1S/C9H16N4O2/c1-3-9(2,14)8-5-13(12-11-8)7-4-10-15-6-7/h5,7,10,14H,3-4,6H2,1-2H3. The lowest BCUT2D eigenvalue weighted by Gasteiger charge is -2.17. The van der Waals surface area contributed by atoms with E-state index in [0.717, 1.165) is 6.54 Å². The van der Waals surface area contributed by atoms with E-state index >= 15 is 0 Å².